The summed E-state index contributed by atoms with van der Waals surface area (Å²) in [5.41, 5.74) is 6.49. The zero-order valence-electron chi connectivity index (χ0n) is 16.1. The summed E-state index contributed by atoms with van der Waals surface area (Å²) in [5.74, 6) is 2.86. The van der Waals surface area contributed by atoms with Crippen molar-refractivity contribution in [1.29, 1.82) is 0 Å². The van der Waals surface area contributed by atoms with Crippen molar-refractivity contribution in [3.63, 3.8) is 0 Å². The number of nitrogens with zero attached hydrogens (tertiary/aromatic N) is 3. The van der Waals surface area contributed by atoms with Gasteiger partial charge in [-0.3, -0.25) is 4.98 Å². The number of nitrogens with one attached hydrogen (secondary N) is 1. The molecule has 1 aromatic carbocycles. The number of rotatable bonds is 10. The molecule has 0 bridgehead atoms. The van der Waals surface area contributed by atoms with E-state index in [1.165, 1.54) is 0 Å². The first-order chi connectivity index (χ1) is 13.7. The summed E-state index contributed by atoms with van der Waals surface area (Å²) < 4.78 is 16.9. The van der Waals surface area contributed by atoms with Crippen LogP contribution in [0.3, 0.4) is 0 Å². The number of fused-ring (bicyclic) bond motifs is 1. The van der Waals surface area contributed by atoms with Crippen LogP contribution in [0, 0.1) is 0 Å². The highest BCUT2D eigenvalue weighted by atomic mass is 16.5. The van der Waals surface area contributed by atoms with Crippen LogP contribution in [0.25, 0.3) is 10.9 Å². The van der Waals surface area contributed by atoms with Crippen molar-refractivity contribution >= 4 is 22.7 Å². The Morgan fingerprint density at radius 1 is 1.07 bits per heavy atom. The molecule has 3 N–H and O–H groups in total. The molecule has 0 aliphatic heterocycles. The van der Waals surface area contributed by atoms with Crippen molar-refractivity contribution < 1.29 is 14.2 Å². The lowest BCUT2D eigenvalue weighted by molar-refractivity contribution is 0.218. The number of aromatic nitrogens is 3. The predicted molar refractivity (Wildman–Crippen MR) is 109 cm³/mol. The van der Waals surface area contributed by atoms with E-state index in [1.54, 1.807) is 19.5 Å². The third kappa shape index (κ3) is 4.91. The second-order valence-corrected chi connectivity index (χ2v) is 6.11. The van der Waals surface area contributed by atoms with Gasteiger partial charge in [-0.15, -0.1) is 0 Å². The van der Waals surface area contributed by atoms with Crippen LogP contribution in [0.4, 0.5) is 11.8 Å². The Morgan fingerprint density at radius 3 is 2.68 bits per heavy atom. The van der Waals surface area contributed by atoms with Gasteiger partial charge in [-0.1, -0.05) is 13.3 Å². The number of nitrogens with two attached hydrogens (primary N) is 1. The summed E-state index contributed by atoms with van der Waals surface area (Å²) in [6.07, 6.45) is 5.40. The second kappa shape index (κ2) is 9.59. The topological polar surface area (TPSA) is 104 Å². The van der Waals surface area contributed by atoms with Crippen molar-refractivity contribution in [2.45, 2.75) is 19.8 Å². The van der Waals surface area contributed by atoms with E-state index in [9.17, 15) is 0 Å². The molecule has 8 nitrogen and oxygen atoms in total. The molecule has 0 fully saturated rings. The molecule has 0 spiro atoms. The minimum atomic E-state index is 0.210. The first-order valence-electron chi connectivity index (χ1n) is 9.26. The lowest BCUT2D eigenvalue weighted by Crippen LogP contribution is -2.13. The number of methoxy groups -OCH3 is 1. The van der Waals surface area contributed by atoms with Gasteiger partial charge in [-0.05, 0) is 24.6 Å². The molecule has 0 unspecified atom stereocenters. The lowest BCUT2D eigenvalue weighted by Gasteiger charge is -2.13. The summed E-state index contributed by atoms with van der Waals surface area (Å²) in [6, 6.07) is 7.52. The average molecular weight is 383 g/mol. The Morgan fingerprint density at radius 2 is 1.89 bits per heavy atom. The number of benzene rings is 1. The van der Waals surface area contributed by atoms with Crippen LogP contribution in [0.15, 0.2) is 36.7 Å². The highest BCUT2D eigenvalue weighted by Gasteiger charge is 2.08. The van der Waals surface area contributed by atoms with Gasteiger partial charge in [-0.25, -0.2) is 4.98 Å². The fourth-order valence-electron chi connectivity index (χ4n) is 2.66. The average Bonchev–Trinajstić information content (AvgIpc) is 2.72. The molecule has 2 aromatic heterocycles. The van der Waals surface area contributed by atoms with Crippen molar-refractivity contribution in [3.8, 4) is 17.2 Å². The van der Waals surface area contributed by atoms with E-state index in [2.05, 4.69) is 27.2 Å². The Balaban J connectivity index is 1.60. The predicted octanol–water partition coefficient (Wildman–Crippen LogP) is 3.29. The fourth-order valence-corrected chi connectivity index (χ4v) is 2.66. The maximum Gasteiger partial charge on any atom is 0.222 e. The Kier molecular flexibility index (Phi) is 6.67. The summed E-state index contributed by atoms with van der Waals surface area (Å²) in [5, 5.41) is 4.15. The Hall–Kier alpha value is -3.29. The van der Waals surface area contributed by atoms with Crippen LogP contribution in [0.1, 0.15) is 19.8 Å². The third-order valence-corrected chi connectivity index (χ3v) is 4.10. The van der Waals surface area contributed by atoms with Crippen LogP contribution in [0.5, 0.6) is 17.2 Å². The van der Waals surface area contributed by atoms with E-state index < -0.39 is 0 Å². The monoisotopic (exact) mass is 383 g/mol. The van der Waals surface area contributed by atoms with E-state index in [-0.39, 0.29) is 5.95 Å². The number of anilines is 2. The molecule has 3 rings (SSSR count). The summed E-state index contributed by atoms with van der Waals surface area (Å²) in [7, 11) is 1.63. The smallest absolute Gasteiger partial charge is 0.222 e. The molecular weight excluding hydrogens is 358 g/mol. The highest BCUT2D eigenvalue weighted by Crippen LogP contribution is 2.27. The van der Waals surface area contributed by atoms with Gasteiger partial charge in [-0.2, -0.15) is 4.98 Å². The maximum atomic E-state index is 5.88. The maximum absolute atomic E-state index is 5.88. The molecular formula is C20H25N5O3. The summed E-state index contributed by atoms with van der Waals surface area (Å²) in [6.45, 7) is 3.63. The van der Waals surface area contributed by atoms with E-state index >= 15 is 0 Å². The lowest BCUT2D eigenvalue weighted by atomic mass is 10.2. The standard InChI is InChI=1S/C20H25N5O3/c1-3-4-8-23-19-18(13-24-20(21)25-19)28-11-10-27-17-7-9-22-16-12-14(26-2)5-6-15(16)17/h5-7,9,12-13H,3-4,8,10-11H2,1-2H3,(H3,21,23,24,25). The van der Waals surface area contributed by atoms with Gasteiger partial charge in [0.15, 0.2) is 11.6 Å². The van der Waals surface area contributed by atoms with Gasteiger partial charge in [0.2, 0.25) is 5.95 Å². The zero-order chi connectivity index (χ0) is 19.8. The fraction of sp³-hybridized carbons (Fsp3) is 0.350. The number of hydrogen-bond donors (Lipinski definition) is 2. The minimum absolute atomic E-state index is 0.210. The molecule has 0 amide bonds. The first-order valence-corrected chi connectivity index (χ1v) is 9.26. The summed E-state index contributed by atoms with van der Waals surface area (Å²) in [4.78, 5) is 12.6. The number of pyridine rings is 1. The van der Waals surface area contributed by atoms with E-state index in [0.29, 0.717) is 24.8 Å². The molecule has 0 atom stereocenters. The Labute approximate surface area is 164 Å². The number of nitrogen functional groups attached to an aromatic ring is 1. The van der Waals surface area contributed by atoms with Crippen LogP contribution < -0.4 is 25.3 Å². The van der Waals surface area contributed by atoms with Crippen LogP contribution in [-0.4, -0.2) is 41.8 Å². The molecule has 0 saturated heterocycles. The van der Waals surface area contributed by atoms with Gasteiger partial charge in [0.25, 0.3) is 0 Å². The SMILES string of the molecule is CCCCNc1nc(N)ncc1OCCOc1ccnc2cc(OC)ccc12. The summed E-state index contributed by atoms with van der Waals surface area (Å²) >= 11 is 0. The third-order valence-electron chi connectivity index (χ3n) is 4.10. The molecule has 2 heterocycles. The molecule has 0 aliphatic rings. The van der Waals surface area contributed by atoms with Gasteiger partial charge in [0, 0.05) is 24.2 Å². The molecule has 8 heteroatoms. The first kappa shape index (κ1) is 19.5. The van der Waals surface area contributed by atoms with Crippen molar-refractivity contribution in [2.75, 3.05) is 37.9 Å². The number of hydrogen-bond acceptors (Lipinski definition) is 8. The van der Waals surface area contributed by atoms with Crippen LogP contribution >= 0.6 is 0 Å². The molecule has 0 radical (unpaired) electrons. The molecule has 148 valence electrons. The van der Waals surface area contributed by atoms with Crippen molar-refractivity contribution in [3.05, 3.63) is 36.7 Å². The quantitative estimate of drug-likeness (QED) is 0.514. The highest BCUT2D eigenvalue weighted by molar-refractivity contribution is 5.85. The zero-order valence-corrected chi connectivity index (χ0v) is 16.1. The van der Waals surface area contributed by atoms with E-state index in [1.807, 2.05) is 24.3 Å². The van der Waals surface area contributed by atoms with Gasteiger partial charge >= 0.3 is 0 Å². The van der Waals surface area contributed by atoms with Crippen LogP contribution in [0.2, 0.25) is 0 Å². The van der Waals surface area contributed by atoms with Gasteiger partial charge in [0.1, 0.15) is 24.7 Å². The molecule has 28 heavy (non-hydrogen) atoms. The molecule has 0 aliphatic carbocycles. The Bertz CT molecular complexity index is 919. The van der Waals surface area contributed by atoms with Gasteiger partial charge < -0.3 is 25.3 Å². The van der Waals surface area contributed by atoms with Gasteiger partial charge in [0.05, 0.1) is 18.8 Å². The molecule has 3 aromatic rings. The van der Waals surface area contributed by atoms with Crippen molar-refractivity contribution in [2.24, 2.45) is 0 Å². The van der Waals surface area contributed by atoms with Crippen molar-refractivity contribution in [1.82, 2.24) is 15.0 Å². The van der Waals surface area contributed by atoms with Crippen LogP contribution in [-0.2, 0) is 0 Å². The minimum Gasteiger partial charge on any atom is -0.497 e. The largest absolute Gasteiger partial charge is 0.497 e. The second-order valence-electron chi connectivity index (χ2n) is 6.11. The van der Waals surface area contributed by atoms with E-state index in [0.717, 1.165) is 41.8 Å². The van der Waals surface area contributed by atoms with E-state index in [4.69, 9.17) is 19.9 Å². The number of unbranched alkanes of at least 4 members (excludes halogenated alkanes) is 1. The molecule has 0 saturated carbocycles. The number of ether oxygens (including phenoxy) is 3. The normalized spacial score (nSPS) is 10.6.